The molecule has 0 rings (SSSR count). The molecule has 0 aliphatic rings. The summed E-state index contributed by atoms with van der Waals surface area (Å²) < 4.78 is 0. The van der Waals surface area contributed by atoms with Gasteiger partial charge in [-0.05, 0) is 19.8 Å². The van der Waals surface area contributed by atoms with Crippen LogP contribution in [0.2, 0.25) is 0 Å². The predicted molar refractivity (Wildman–Crippen MR) is 67.7 cm³/mol. The van der Waals surface area contributed by atoms with Gasteiger partial charge in [0.1, 0.15) is 0 Å². The fraction of sp³-hybridized carbons (Fsp3) is 0.846. The van der Waals surface area contributed by atoms with Gasteiger partial charge < -0.3 is 10.4 Å². The Morgan fingerprint density at radius 2 is 1.71 bits per heavy atom. The van der Waals surface area contributed by atoms with E-state index in [0.717, 1.165) is 12.8 Å². The van der Waals surface area contributed by atoms with E-state index in [0.29, 0.717) is 6.42 Å². The van der Waals surface area contributed by atoms with Crippen molar-refractivity contribution >= 4 is 11.9 Å². The van der Waals surface area contributed by atoms with Gasteiger partial charge in [0, 0.05) is 11.5 Å². The maximum atomic E-state index is 11.7. The molecule has 4 nitrogen and oxygen atoms in total. The summed E-state index contributed by atoms with van der Waals surface area (Å²) in [6.07, 6.45) is 2.30. The number of carboxylic acid groups (broad SMARTS) is 1. The van der Waals surface area contributed by atoms with Crippen LogP contribution in [0.5, 0.6) is 0 Å². The Bertz CT molecular complexity index is 268. The lowest BCUT2D eigenvalue weighted by Crippen LogP contribution is -2.40. The zero-order valence-corrected chi connectivity index (χ0v) is 11.5. The average Bonchev–Trinajstić information content (AvgIpc) is 2.15. The van der Waals surface area contributed by atoms with Crippen molar-refractivity contribution in [3.8, 4) is 0 Å². The van der Waals surface area contributed by atoms with Crippen molar-refractivity contribution in [2.45, 2.75) is 59.9 Å². The van der Waals surface area contributed by atoms with Crippen LogP contribution in [0.15, 0.2) is 0 Å². The Labute approximate surface area is 104 Å². The molecule has 0 radical (unpaired) electrons. The van der Waals surface area contributed by atoms with E-state index in [9.17, 15) is 9.59 Å². The maximum absolute atomic E-state index is 11.7. The quantitative estimate of drug-likeness (QED) is 0.753. The second kappa shape index (κ2) is 6.62. The number of aliphatic carboxylic acids is 1. The molecule has 0 aromatic rings. The highest BCUT2D eigenvalue weighted by molar-refractivity contribution is 5.81. The second-order valence-electron chi connectivity index (χ2n) is 5.79. The van der Waals surface area contributed by atoms with Gasteiger partial charge in [-0.3, -0.25) is 9.59 Å². The van der Waals surface area contributed by atoms with E-state index in [1.54, 1.807) is 6.92 Å². The van der Waals surface area contributed by atoms with Crippen LogP contribution >= 0.6 is 0 Å². The van der Waals surface area contributed by atoms with Crippen molar-refractivity contribution < 1.29 is 14.7 Å². The zero-order valence-electron chi connectivity index (χ0n) is 11.5. The number of hydrogen-bond donors (Lipinski definition) is 2. The van der Waals surface area contributed by atoms with Crippen molar-refractivity contribution in [3.63, 3.8) is 0 Å². The first-order valence-corrected chi connectivity index (χ1v) is 6.18. The zero-order chi connectivity index (χ0) is 13.6. The summed E-state index contributed by atoms with van der Waals surface area (Å²) in [6.45, 7) is 9.29. The van der Waals surface area contributed by atoms with Gasteiger partial charge >= 0.3 is 5.97 Å². The fourth-order valence-corrected chi connectivity index (χ4v) is 1.37. The summed E-state index contributed by atoms with van der Waals surface area (Å²) in [5, 5.41) is 11.7. The first-order chi connectivity index (χ1) is 7.64. The first kappa shape index (κ1) is 15.9. The van der Waals surface area contributed by atoms with Crippen molar-refractivity contribution in [2.24, 2.45) is 11.3 Å². The van der Waals surface area contributed by atoms with Crippen LogP contribution in [-0.4, -0.2) is 23.0 Å². The molecule has 0 aromatic carbocycles. The van der Waals surface area contributed by atoms with Crippen molar-refractivity contribution in [2.75, 3.05) is 0 Å². The van der Waals surface area contributed by atoms with E-state index in [1.807, 2.05) is 27.7 Å². The largest absolute Gasteiger partial charge is 0.481 e. The van der Waals surface area contributed by atoms with E-state index in [-0.39, 0.29) is 23.3 Å². The van der Waals surface area contributed by atoms with Gasteiger partial charge in [-0.2, -0.15) is 0 Å². The second-order valence-corrected chi connectivity index (χ2v) is 5.79. The topological polar surface area (TPSA) is 66.4 Å². The molecule has 0 saturated carbocycles. The van der Waals surface area contributed by atoms with Gasteiger partial charge in [0.05, 0.1) is 5.92 Å². The Hall–Kier alpha value is -1.06. The minimum Gasteiger partial charge on any atom is -0.481 e. The highest BCUT2D eigenvalue weighted by Gasteiger charge is 2.22. The molecular weight excluding hydrogens is 218 g/mol. The van der Waals surface area contributed by atoms with Crippen LogP contribution < -0.4 is 5.32 Å². The SMILES string of the molecule is CC(CCCC(C)C(=O)O)NC(=O)C(C)(C)C. The molecule has 17 heavy (non-hydrogen) atoms. The summed E-state index contributed by atoms with van der Waals surface area (Å²) >= 11 is 0. The van der Waals surface area contributed by atoms with Gasteiger partial charge in [0.15, 0.2) is 0 Å². The molecule has 2 N–H and O–H groups in total. The Morgan fingerprint density at radius 3 is 2.12 bits per heavy atom. The lowest BCUT2D eigenvalue weighted by Gasteiger charge is -2.22. The standard InChI is InChI=1S/C13H25NO3/c1-9(11(15)16)7-6-8-10(2)14-12(17)13(3,4)5/h9-10H,6-8H2,1-5H3,(H,14,17)(H,15,16). The molecule has 0 aliphatic carbocycles. The molecule has 0 bridgehead atoms. The summed E-state index contributed by atoms with van der Waals surface area (Å²) in [6, 6.07) is 0.0997. The van der Waals surface area contributed by atoms with Gasteiger partial charge in [-0.25, -0.2) is 0 Å². The molecule has 0 aliphatic heterocycles. The van der Waals surface area contributed by atoms with E-state index >= 15 is 0 Å². The Kier molecular flexibility index (Phi) is 6.21. The Balaban J connectivity index is 3.85. The molecule has 0 saturated heterocycles. The minimum absolute atomic E-state index is 0.0382. The molecule has 0 fully saturated rings. The normalized spacial score (nSPS) is 15.1. The van der Waals surface area contributed by atoms with E-state index in [4.69, 9.17) is 5.11 Å². The maximum Gasteiger partial charge on any atom is 0.306 e. The van der Waals surface area contributed by atoms with E-state index in [1.165, 1.54) is 0 Å². The van der Waals surface area contributed by atoms with Crippen LogP contribution in [0.25, 0.3) is 0 Å². The minimum atomic E-state index is -0.753. The van der Waals surface area contributed by atoms with Crippen molar-refractivity contribution in [3.05, 3.63) is 0 Å². The first-order valence-electron chi connectivity index (χ1n) is 6.18. The summed E-state index contributed by atoms with van der Waals surface area (Å²) in [5.41, 5.74) is -0.372. The molecule has 0 heterocycles. The molecule has 0 aromatic heterocycles. The highest BCUT2D eigenvalue weighted by Crippen LogP contribution is 2.14. The van der Waals surface area contributed by atoms with Crippen molar-refractivity contribution in [1.82, 2.24) is 5.32 Å². The number of amides is 1. The molecule has 1 amide bonds. The van der Waals surface area contributed by atoms with Crippen LogP contribution in [-0.2, 0) is 9.59 Å². The van der Waals surface area contributed by atoms with Gasteiger partial charge in [-0.1, -0.05) is 34.1 Å². The van der Waals surface area contributed by atoms with Crippen LogP contribution in [0.1, 0.15) is 53.9 Å². The van der Waals surface area contributed by atoms with Gasteiger partial charge in [-0.15, -0.1) is 0 Å². The number of hydrogen-bond acceptors (Lipinski definition) is 2. The summed E-state index contributed by atoms with van der Waals surface area (Å²) in [5.74, 6) is -1.02. The number of carbonyl (C=O) groups is 2. The summed E-state index contributed by atoms with van der Waals surface area (Å²) in [7, 11) is 0. The van der Waals surface area contributed by atoms with Crippen LogP contribution in [0.4, 0.5) is 0 Å². The van der Waals surface area contributed by atoms with Crippen LogP contribution in [0, 0.1) is 11.3 Å². The van der Waals surface area contributed by atoms with E-state index in [2.05, 4.69) is 5.32 Å². The van der Waals surface area contributed by atoms with E-state index < -0.39 is 5.97 Å². The monoisotopic (exact) mass is 243 g/mol. The molecule has 100 valence electrons. The molecule has 2 unspecified atom stereocenters. The number of carboxylic acids is 1. The third-order valence-electron chi connectivity index (χ3n) is 2.75. The van der Waals surface area contributed by atoms with Crippen LogP contribution in [0.3, 0.4) is 0 Å². The van der Waals surface area contributed by atoms with Crippen molar-refractivity contribution in [1.29, 1.82) is 0 Å². The fourth-order valence-electron chi connectivity index (χ4n) is 1.37. The lowest BCUT2D eigenvalue weighted by atomic mass is 9.94. The van der Waals surface area contributed by atoms with Gasteiger partial charge in [0.2, 0.25) is 5.91 Å². The third-order valence-corrected chi connectivity index (χ3v) is 2.75. The number of rotatable bonds is 6. The predicted octanol–water partition coefficient (Wildman–Crippen LogP) is 2.43. The molecule has 0 spiro atoms. The smallest absolute Gasteiger partial charge is 0.306 e. The highest BCUT2D eigenvalue weighted by atomic mass is 16.4. The number of carbonyl (C=O) groups excluding carboxylic acids is 1. The lowest BCUT2D eigenvalue weighted by molar-refractivity contribution is -0.141. The summed E-state index contributed by atoms with van der Waals surface area (Å²) in [4.78, 5) is 22.3. The van der Waals surface area contributed by atoms with Gasteiger partial charge in [0.25, 0.3) is 0 Å². The Morgan fingerprint density at radius 1 is 1.18 bits per heavy atom. The molecule has 2 atom stereocenters. The third kappa shape index (κ3) is 6.97. The molecule has 4 heteroatoms. The average molecular weight is 243 g/mol. The number of nitrogens with one attached hydrogen (secondary N) is 1. The molecular formula is C13H25NO3.